The number of aliphatic hydroxyl groups is 1. The van der Waals surface area contributed by atoms with E-state index in [1.165, 1.54) is 0 Å². The standard InChI is InChI=1S/C15H25N3O/c1-5-15(19)14-7-6-13(8-16-14)18-9-11(2)17(4)12(3)10-18/h6-8,11-12,15,19H,5,9-10H2,1-4H3. The third-order valence-corrected chi connectivity index (χ3v) is 4.22. The van der Waals surface area contributed by atoms with Crippen molar-refractivity contribution in [3.05, 3.63) is 24.0 Å². The van der Waals surface area contributed by atoms with E-state index >= 15 is 0 Å². The second kappa shape index (κ2) is 5.88. The Balaban J connectivity index is 2.10. The van der Waals surface area contributed by atoms with Crippen LogP contribution in [0.1, 0.15) is 39.0 Å². The molecule has 1 aromatic heterocycles. The fraction of sp³-hybridized carbons (Fsp3) is 0.667. The highest BCUT2D eigenvalue weighted by atomic mass is 16.3. The van der Waals surface area contributed by atoms with Gasteiger partial charge in [0.2, 0.25) is 0 Å². The van der Waals surface area contributed by atoms with Gasteiger partial charge in [-0.3, -0.25) is 9.88 Å². The monoisotopic (exact) mass is 263 g/mol. The SMILES string of the molecule is CCC(O)c1ccc(N2CC(C)N(C)C(C)C2)cn1. The topological polar surface area (TPSA) is 39.6 Å². The first kappa shape index (κ1) is 14.3. The molecular weight excluding hydrogens is 238 g/mol. The molecule has 1 saturated heterocycles. The van der Waals surface area contributed by atoms with Gasteiger partial charge in [0.1, 0.15) is 0 Å². The number of hydrogen-bond acceptors (Lipinski definition) is 4. The Morgan fingerprint density at radius 3 is 2.42 bits per heavy atom. The van der Waals surface area contributed by atoms with Crippen LogP contribution in [0.2, 0.25) is 0 Å². The minimum Gasteiger partial charge on any atom is -0.387 e. The Labute approximate surface area is 116 Å². The fourth-order valence-electron chi connectivity index (χ4n) is 2.61. The number of hydrogen-bond donors (Lipinski definition) is 1. The van der Waals surface area contributed by atoms with Crippen LogP contribution in [0.4, 0.5) is 5.69 Å². The summed E-state index contributed by atoms with van der Waals surface area (Å²) in [4.78, 5) is 9.18. The van der Waals surface area contributed by atoms with E-state index in [0.717, 1.165) is 24.5 Å². The zero-order chi connectivity index (χ0) is 14.0. The highest BCUT2D eigenvalue weighted by Gasteiger charge is 2.26. The van der Waals surface area contributed by atoms with E-state index < -0.39 is 6.10 Å². The second-order valence-electron chi connectivity index (χ2n) is 5.63. The van der Waals surface area contributed by atoms with Gasteiger partial charge in [-0.15, -0.1) is 0 Å². The molecule has 2 heterocycles. The van der Waals surface area contributed by atoms with Crippen LogP contribution in [0.5, 0.6) is 0 Å². The lowest BCUT2D eigenvalue weighted by molar-refractivity contribution is 0.167. The molecule has 0 aromatic carbocycles. The van der Waals surface area contributed by atoms with Crippen LogP contribution in [0.3, 0.4) is 0 Å². The Morgan fingerprint density at radius 1 is 1.32 bits per heavy atom. The van der Waals surface area contributed by atoms with Gasteiger partial charge in [0, 0.05) is 25.2 Å². The second-order valence-corrected chi connectivity index (χ2v) is 5.63. The molecule has 1 aromatic rings. The van der Waals surface area contributed by atoms with Gasteiger partial charge in [-0.25, -0.2) is 0 Å². The molecule has 19 heavy (non-hydrogen) atoms. The lowest BCUT2D eigenvalue weighted by Gasteiger charge is -2.43. The Morgan fingerprint density at radius 2 is 1.95 bits per heavy atom. The van der Waals surface area contributed by atoms with Crippen LogP contribution in [0, 0.1) is 0 Å². The first-order valence-electron chi connectivity index (χ1n) is 7.13. The Bertz CT molecular complexity index is 394. The van der Waals surface area contributed by atoms with E-state index in [9.17, 15) is 5.11 Å². The number of anilines is 1. The maximum absolute atomic E-state index is 9.77. The highest BCUT2D eigenvalue weighted by molar-refractivity contribution is 5.45. The summed E-state index contributed by atoms with van der Waals surface area (Å²) in [5, 5.41) is 9.77. The van der Waals surface area contributed by atoms with Gasteiger partial charge in [0.25, 0.3) is 0 Å². The number of rotatable bonds is 3. The van der Waals surface area contributed by atoms with Crippen molar-refractivity contribution >= 4 is 5.69 Å². The van der Waals surface area contributed by atoms with Crippen LogP contribution in [-0.2, 0) is 0 Å². The smallest absolute Gasteiger partial charge is 0.0957 e. The molecule has 1 aliphatic rings. The van der Waals surface area contributed by atoms with Crippen molar-refractivity contribution in [1.29, 1.82) is 0 Å². The summed E-state index contributed by atoms with van der Waals surface area (Å²) in [7, 11) is 2.19. The van der Waals surface area contributed by atoms with Crippen LogP contribution in [-0.4, -0.2) is 47.2 Å². The Kier molecular flexibility index (Phi) is 4.42. The summed E-state index contributed by atoms with van der Waals surface area (Å²) in [6.45, 7) is 8.52. The van der Waals surface area contributed by atoms with Crippen LogP contribution < -0.4 is 4.90 Å². The van der Waals surface area contributed by atoms with Crippen LogP contribution in [0.15, 0.2) is 18.3 Å². The molecule has 3 unspecified atom stereocenters. The van der Waals surface area contributed by atoms with Crippen LogP contribution in [0.25, 0.3) is 0 Å². The molecular formula is C15H25N3O. The molecule has 1 N–H and O–H groups in total. The maximum Gasteiger partial charge on any atom is 0.0957 e. The molecule has 106 valence electrons. The Hall–Kier alpha value is -1.13. The first-order valence-corrected chi connectivity index (χ1v) is 7.13. The van der Waals surface area contributed by atoms with Crippen molar-refractivity contribution in [3.63, 3.8) is 0 Å². The number of pyridine rings is 1. The van der Waals surface area contributed by atoms with Crippen molar-refractivity contribution in [2.24, 2.45) is 0 Å². The summed E-state index contributed by atoms with van der Waals surface area (Å²) < 4.78 is 0. The summed E-state index contributed by atoms with van der Waals surface area (Å²) in [6.07, 6.45) is 2.15. The largest absolute Gasteiger partial charge is 0.387 e. The van der Waals surface area contributed by atoms with Gasteiger partial charge in [0.15, 0.2) is 0 Å². The molecule has 0 saturated carbocycles. The molecule has 4 heteroatoms. The van der Waals surface area contributed by atoms with Gasteiger partial charge < -0.3 is 10.0 Å². The van der Waals surface area contributed by atoms with Gasteiger partial charge >= 0.3 is 0 Å². The summed E-state index contributed by atoms with van der Waals surface area (Å²) >= 11 is 0. The third kappa shape index (κ3) is 3.07. The van der Waals surface area contributed by atoms with E-state index in [2.05, 4.69) is 41.7 Å². The summed E-state index contributed by atoms with van der Waals surface area (Å²) in [6, 6.07) is 5.11. The molecule has 1 aliphatic heterocycles. The van der Waals surface area contributed by atoms with Crippen molar-refractivity contribution in [2.75, 3.05) is 25.0 Å². The number of likely N-dealkylation sites (N-methyl/N-ethyl adjacent to an activating group) is 1. The molecule has 3 atom stereocenters. The van der Waals surface area contributed by atoms with Gasteiger partial charge in [-0.1, -0.05) is 6.92 Å². The molecule has 0 aliphatic carbocycles. The van der Waals surface area contributed by atoms with Gasteiger partial charge in [-0.05, 0) is 39.4 Å². The zero-order valence-corrected chi connectivity index (χ0v) is 12.4. The average Bonchev–Trinajstić information content (AvgIpc) is 2.43. The van der Waals surface area contributed by atoms with Gasteiger partial charge in [-0.2, -0.15) is 0 Å². The highest BCUT2D eigenvalue weighted by Crippen LogP contribution is 2.22. The number of aliphatic hydroxyl groups excluding tert-OH is 1. The molecule has 2 rings (SSSR count). The lowest BCUT2D eigenvalue weighted by atomic mass is 10.1. The normalized spacial score (nSPS) is 26.5. The number of nitrogens with zero attached hydrogens (tertiary/aromatic N) is 3. The molecule has 1 fully saturated rings. The first-order chi connectivity index (χ1) is 9.02. The van der Waals surface area contributed by atoms with E-state index in [1.807, 2.05) is 19.2 Å². The van der Waals surface area contributed by atoms with Crippen molar-refractivity contribution in [2.45, 2.75) is 45.4 Å². The summed E-state index contributed by atoms with van der Waals surface area (Å²) in [5.41, 5.74) is 1.92. The number of aromatic nitrogens is 1. The van der Waals surface area contributed by atoms with Crippen LogP contribution >= 0.6 is 0 Å². The van der Waals surface area contributed by atoms with Crippen molar-refractivity contribution in [1.82, 2.24) is 9.88 Å². The van der Waals surface area contributed by atoms with E-state index in [0.29, 0.717) is 18.5 Å². The number of piperazine rings is 1. The predicted octanol–water partition coefficient (Wildman–Crippen LogP) is 2.05. The van der Waals surface area contributed by atoms with E-state index in [4.69, 9.17) is 0 Å². The predicted molar refractivity (Wildman–Crippen MR) is 78.4 cm³/mol. The fourth-order valence-corrected chi connectivity index (χ4v) is 2.61. The zero-order valence-electron chi connectivity index (χ0n) is 12.4. The van der Waals surface area contributed by atoms with Crippen molar-refractivity contribution in [3.8, 4) is 0 Å². The minimum absolute atomic E-state index is 0.445. The third-order valence-electron chi connectivity index (χ3n) is 4.22. The van der Waals surface area contributed by atoms with Gasteiger partial charge in [0.05, 0.1) is 23.7 Å². The molecule has 4 nitrogen and oxygen atoms in total. The molecule has 0 spiro atoms. The maximum atomic E-state index is 9.77. The quantitative estimate of drug-likeness (QED) is 0.906. The molecule has 0 bridgehead atoms. The van der Waals surface area contributed by atoms with E-state index in [-0.39, 0.29) is 0 Å². The minimum atomic E-state index is -0.445. The summed E-state index contributed by atoms with van der Waals surface area (Å²) in [5.74, 6) is 0. The van der Waals surface area contributed by atoms with Crippen molar-refractivity contribution < 1.29 is 5.11 Å². The molecule has 0 amide bonds. The molecule has 0 radical (unpaired) electrons. The lowest BCUT2D eigenvalue weighted by Crippen LogP contribution is -2.55. The van der Waals surface area contributed by atoms with E-state index in [1.54, 1.807) is 0 Å². The average molecular weight is 263 g/mol.